The number of anilines is 1. The maximum Gasteiger partial charge on any atom is 0.335 e. The van der Waals surface area contributed by atoms with Crippen molar-refractivity contribution in [1.82, 2.24) is 5.32 Å². The van der Waals surface area contributed by atoms with Crippen molar-refractivity contribution in [3.63, 3.8) is 0 Å². The molecule has 0 atom stereocenters. The minimum atomic E-state index is -0.869. The van der Waals surface area contributed by atoms with Gasteiger partial charge in [0.05, 0.1) is 16.8 Å². The molecule has 1 aliphatic heterocycles. The molecule has 0 saturated carbocycles. The predicted molar refractivity (Wildman–Crippen MR) is 146 cm³/mol. The number of urea groups is 1. The van der Waals surface area contributed by atoms with Gasteiger partial charge in [-0.1, -0.05) is 30.3 Å². The summed E-state index contributed by atoms with van der Waals surface area (Å²) in [6.45, 7) is 2.03. The van der Waals surface area contributed by atoms with Crippen LogP contribution in [-0.2, 0) is 21.0 Å². The highest BCUT2D eigenvalue weighted by molar-refractivity contribution is 9.10. The van der Waals surface area contributed by atoms with Gasteiger partial charge in [-0.2, -0.15) is 0 Å². The lowest BCUT2D eigenvalue weighted by Gasteiger charge is -2.26. The van der Waals surface area contributed by atoms with Crippen LogP contribution in [-0.4, -0.2) is 37.0 Å². The minimum absolute atomic E-state index is 0.239. The Bertz CT molecular complexity index is 1440. The topological polar surface area (TPSA) is 137 Å². The number of benzene rings is 3. The van der Waals surface area contributed by atoms with Gasteiger partial charge in [0.2, 0.25) is 0 Å². The molecule has 1 heterocycles. The summed E-state index contributed by atoms with van der Waals surface area (Å²) in [5.74, 6) is -1.25. The van der Waals surface area contributed by atoms with Crippen LogP contribution in [0.15, 0.2) is 76.8 Å². The molecule has 0 spiro atoms. The van der Waals surface area contributed by atoms with Crippen molar-refractivity contribution in [2.45, 2.75) is 13.5 Å². The Morgan fingerprint density at radius 3 is 2.38 bits per heavy atom. The molecule has 3 aromatic rings. The Labute approximate surface area is 232 Å². The van der Waals surface area contributed by atoms with E-state index in [1.54, 1.807) is 37.3 Å². The fourth-order valence-corrected chi connectivity index (χ4v) is 4.28. The number of rotatable bonds is 10. The first-order chi connectivity index (χ1) is 18.8. The quantitative estimate of drug-likeness (QED) is 0.268. The van der Waals surface area contributed by atoms with Crippen LogP contribution in [0.2, 0.25) is 0 Å². The van der Waals surface area contributed by atoms with E-state index in [1.807, 2.05) is 30.3 Å². The summed E-state index contributed by atoms with van der Waals surface area (Å²) < 4.78 is 17.2. The van der Waals surface area contributed by atoms with Crippen molar-refractivity contribution in [3.05, 3.63) is 87.9 Å². The van der Waals surface area contributed by atoms with Crippen LogP contribution in [0.25, 0.3) is 6.08 Å². The minimum Gasteiger partial charge on any atom is -0.490 e. The molecule has 4 rings (SSSR count). The number of imide groups is 2. The predicted octanol–water partition coefficient (Wildman–Crippen LogP) is 3.96. The standard InChI is InChI=1S/C28H24BrN3O7/c1-2-37-23-14-18(13-22(29)25(23)39-16-24(30)33)12-21-26(34)31-28(36)32(27(21)35)19-8-10-20(11-9-19)38-15-17-6-4-3-5-7-17/h3-14H,2,15-16H2,1H3,(H2,30,33)(H,31,34,36)/b21-12+. The molecule has 5 amide bonds. The van der Waals surface area contributed by atoms with Crippen LogP contribution in [0, 0.1) is 0 Å². The Balaban J connectivity index is 1.57. The van der Waals surface area contributed by atoms with Crippen molar-refractivity contribution in [3.8, 4) is 17.2 Å². The first-order valence-electron chi connectivity index (χ1n) is 11.8. The van der Waals surface area contributed by atoms with Gasteiger partial charge in [0.25, 0.3) is 17.7 Å². The lowest BCUT2D eigenvalue weighted by atomic mass is 10.1. The van der Waals surface area contributed by atoms with Crippen LogP contribution in [0.1, 0.15) is 18.1 Å². The summed E-state index contributed by atoms with van der Waals surface area (Å²) in [4.78, 5) is 50.6. The van der Waals surface area contributed by atoms with E-state index in [0.717, 1.165) is 10.5 Å². The molecule has 39 heavy (non-hydrogen) atoms. The van der Waals surface area contributed by atoms with Gasteiger partial charge < -0.3 is 19.9 Å². The number of nitrogens with zero attached hydrogens (tertiary/aromatic N) is 1. The summed E-state index contributed by atoms with van der Waals surface area (Å²) in [6, 6.07) is 18.2. The molecule has 0 aromatic heterocycles. The molecule has 0 unspecified atom stereocenters. The first-order valence-corrected chi connectivity index (χ1v) is 12.6. The SMILES string of the molecule is CCOc1cc(/C=C2\C(=O)NC(=O)N(c3ccc(OCc4ccccc4)cc3)C2=O)cc(Br)c1OCC(N)=O. The van der Waals surface area contributed by atoms with E-state index in [4.69, 9.17) is 19.9 Å². The average molecular weight is 594 g/mol. The van der Waals surface area contributed by atoms with Crippen LogP contribution < -0.4 is 30.2 Å². The monoisotopic (exact) mass is 593 g/mol. The van der Waals surface area contributed by atoms with Gasteiger partial charge in [0.1, 0.15) is 17.9 Å². The first kappa shape index (κ1) is 27.4. The lowest BCUT2D eigenvalue weighted by molar-refractivity contribution is -0.123. The Morgan fingerprint density at radius 1 is 1.00 bits per heavy atom. The van der Waals surface area contributed by atoms with E-state index in [0.29, 0.717) is 22.4 Å². The molecule has 200 valence electrons. The number of amides is 5. The van der Waals surface area contributed by atoms with Gasteiger partial charge in [-0.25, -0.2) is 9.69 Å². The highest BCUT2D eigenvalue weighted by Gasteiger charge is 2.37. The average Bonchev–Trinajstić information content (AvgIpc) is 2.90. The molecule has 0 radical (unpaired) electrons. The summed E-state index contributed by atoms with van der Waals surface area (Å²) in [7, 11) is 0. The number of carbonyl (C=O) groups is 4. The van der Waals surface area contributed by atoms with Gasteiger partial charge in [-0.3, -0.25) is 19.7 Å². The number of hydrogen-bond donors (Lipinski definition) is 2. The summed E-state index contributed by atoms with van der Waals surface area (Å²) >= 11 is 3.36. The third kappa shape index (κ3) is 6.63. The lowest BCUT2D eigenvalue weighted by Crippen LogP contribution is -2.54. The van der Waals surface area contributed by atoms with Gasteiger partial charge in [0, 0.05) is 0 Å². The molecule has 1 fully saturated rings. The Kier molecular flexibility index (Phi) is 8.62. The molecule has 11 heteroatoms. The van der Waals surface area contributed by atoms with E-state index in [-0.39, 0.29) is 36.0 Å². The van der Waals surface area contributed by atoms with Crippen molar-refractivity contribution in [2.24, 2.45) is 5.73 Å². The van der Waals surface area contributed by atoms with Gasteiger partial charge in [0.15, 0.2) is 18.1 Å². The zero-order valence-corrected chi connectivity index (χ0v) is 22.4. The van der Waals surface area contributed by atoms with E-state index in [9.17, 15) is 19.2 Å². The van der Waals surface area contributed by atoms with Crippen molar-refractivity contribution in [2.75, 3.05) is 18.1 Å². The van der Waals surface area contributed by atoms with E-state index < -0.39 is 23.8 Å². The highest BCUT2D eigenvalue weighted by Crippen LogP contribution is 2.38. The summed E-state index contributed by atoms with van der Waals surface area (Å²) in [6.07, 6.45) is 1.33. The van der Waals surface area contributed by atoms with Gasteiger partial charge in [-0.15, -0.1) is 0 Å². The van der Waals surface area contributed by atoms with Gasteiger partial charge in [-0.05, 0) is 76.5 Å². The molecule has 3 N–H and O–H groups in total. The molecule has 1 aliphatic rings. The van der Waals surface area contributed by atoms with Crippen molar-refractivity contribution in [1.29, 1.82) is 0 Å². The fourth-order valence-electron chi connectivity index (χ4n) is 3.71. The van der Waals surface area contributed by atoms with Crippen molar-refractivity contribution < 1.29 is 33.4 Å². The maximum absolute atomic E-state index is 13.3. The Hall–Kier alpha value is -4.64. The van der Waals surface area contributed by atoms with Crippen LogP contribution in [0.5, 0.6) is 17.2 Å². The molecular weight excluding hydrogens is 570 g/mol. The van der Waals surface area contributed by atoms with Crippen molar-refractivity contribution >= 4 is 51.4 Å². The number of barbiturate groups is 1. The number of primary amides is 1. The van der Waals surface area contributed by atoms with Crippen LogP contribution in [0.4, 0.5) is 10.5 Å². The zero-order valence-electron chi connectivity index (χ0n) is 20.8. The molecule has 10 nitrogen and oxygen atoms in total. The smallest absolute Gasteiger partial charge is 0.335 e. The summed E-state index contributed by atoms with van der Waals surface area (Å²) in [5, 5.41) is 2.20. The second-order valence-corrected chi connectivity index (χ2v) is 9.10. The molecule has 0 aliphatic carbocycles. The molecule has 3 aromatic carbocycles. The molecular formula is C28H24BrN3O7. The molecule has 0 bridgehead atoms. The number of nitrogens with two attached hydrogens (primary N) is 1. The number of hydrogen-bond acceptors (Lipinski definition) is 7. The van der Waals surface area contributed by atoms with Crippen LogP contribution >= 0.6 is 15.9 Å². The maximum atomic E-state index is 13.3. The van der Waals surface area contributed by atoms with Crippen LogP contribution in [0.3, 0.4) is 0 Å². The van der Waals surface area contributed by atoms with Gasteiger partial charge >= 0.3 is 6.03 Å². The largest absolute Gasteiger partial charge is 0.490 e. The highest BCUT2D eigenvalue weighted by atomic mass is 79.9. The third-order valence-electron chi connectivity index (χ3n) is 5.45. The van der Waals surface area contributed by atoms with E-state index in [1.165, 1.54) is 12.1 Å². The molecule has 1 saturated heterocycles. The third-order valence-corrected chi connectivity index (χ3v) is 6.04. The Morgan fingerprint density at radius 2 is 1.72 bits per heavy atom. The number of carbonyl (C=O) groups excluding carboxylic acids is 4. The van der Waals surface area contributed by atoms with E-state index in [2.05, 4.69) is 21.2 Å². The number of nitrogens with one attached hydrogen (secondary N) is 1. The normalized spacial score (nSPS) is 14.3. The number of halogens is 1. The number of ether oxygens (including phenoxy) is 3. The summed E-state index contributed by atoms with van der Waals surface area (Å²) in [5.41, 5.74) is 6.57. The second kappa shape index (κ2) is 12.3. The zero-order chi connectivity index (χ0) is 27.9. The fraction of sp³-hybridized carbons (Fsp3) is 0.143. The second-order valence-electron chi connectivity index (χ2n) is 8.24. The van der Waals surface area contributed by atoms with E-state index >= 15 is 0 Å².